The van der Waals surface area contributed by atoms with Gasteiger partial charge in [-0.3, -0.25) is 4.98 Å². The van der Waals surface area contributed by atoms with Gasteiger partial charge in [-0.1, -0.05) is 6.07 Å². The van der Waals surface area contributed by atoms with Crippen molar-refractivity contribution in [3.05, 3.63) is 47.2 Å². The fraction of sp³-hybridized carbons (Fsp3) is 0.312. The van der Waals surface area contributed by atoms with Crippen molar-refractivity contribution >= 4 is 0 Å². The molecule has 1 unspecified atom stereocenters. The molecule has 1 heterocycles. The van der Waals surface area contributed by atoms with Gasteiger partial charge < -0.3 is 10.5 Å². The second-order valence-corrected chi connectivity index (χ2v) is 4.84. The number of pyridine rings is 1. The zero-order chi connectivity index (χ0) is 14.0. The third-order valence-electron chi connectivity index (χ3n) is 3.31. The number of benzene rings is 1. The normalized spacial score (nSPS) is 12.3. The van der Waals surface area contributed by atoms with Crippen LogP contribution in [-0.4, -0.2) is 12.1 Å². The highest BCUT2D eigenvalue weighted by Gasteiger charge is 2.08. The Kier molecular flexibility index (Phi) is 3.86. The fourth-order valence-electron chi connectivity index (χ4n) is 2.25. The largest absolute Gasteiger partial charge is 0.496 e. The van der Waals surface area contributed by atoms with E-state index >= 15 is 0 Å². The molecule has 3 heteroatoms. The predicted octanol–water partition coefficient (Wildman–Crippen LogP) is 3.39. The molecule has 2 N–H and O–H groups in total. The molecule has 0 fully saturated rings. The van der Waals surface area contributed by atoms with E-state index in [1.807, 2.05) is 39.0 Å². The predicted molar refractivity (Wildman–Crippen MR) is 78.3 cm³/mol. The lowest BCUT2D eigenvalue weighted by atomic mass is 10.0. The SMILES string of the molecule is COc1ccc(-c2ccc(C(C)N)c(C)n2)cc1C. The Morgan fingerprint density at radius 2 is 1.89 bits per heavy atom. The zero-order valence-corrected chi connectivity index (χ0v) is 11.9. The van der Waals surface area contributed by atoms with Crippen LogP contribution in [0.15, 0.2) is 30.3 Å². The van der Waals surface area contributed by atoms with Gasteiger partial charge in [0.25, 0.3) is 0 Å². The molecular formula is C16H20N2O. The molecule has 0 aliphatic rings. The first-order valence-electron chi connectivity index (χ1n) is 6.41. The van der Waals surface area contributed by atoms with Crippen LogP contribution in [0.5, 0.6) is 5.75 Å². The molecule has 0 aliphatic heterocycles. The van der Waals surface area contributed by atoms with Crippen molar-refractivity contribution < 1.29 is 4.74 Å². The standard InChI is InChI=1S/C16H20N2O/c1-10-9-13(5-8-16(10)19-4)15-7-6-14(11(2)17)12(3)18-15/h5-9,11H,17H2,1-4H3. The van der Waals surface area contributed by atoms with Crippen LogP contribution in [-0.2, 0) is 0 Å². The Labute approximate surface area is 114 Å². The van der Waals surface area contributed by atoms with Gasteiger partial charge in [0.05, 0.1) is 12.8 Å². The monoisotopic (exact) mass is 256 g/mol. The van der Waals surface area contributed by atoms with E-state index in [4.69, 9.17) is 10.5 Å². The minimum atomic E-state index is 0.0131. The molecule has 19 heavy (non-hydrogen) atoms. The van der Waals surface area contributed by atoms with Crippen molar-refractivity contribution in [3.8, 4) is 17.0 Å². The molecule has 0 saturated carbocycles. The smallest absolute Gasteiger partial charge is 0.121 e. The van der Waals surface area contributed by atoms with Crippen LogP contribution in [0.4, 0.5) is 0 Å². The average Bonchev–Trinajstić information content (AvgIpc) is 2.38. The van der Waals surface area contributed by atoms with Crippen LogP contribution in [0.2, 0.25) is 0 Å². The van der Waals surface area contributed by atoms with Crippen LogP contribution < -0.4 is 10.5 Å². The van der Waals surface area contributed by atoms with Crippen LogP contribution in [0.25, 0.3) is 11.3 Å². The van der Waals surface area contributed by atoms with Crippen molar-refractivity contribution in [2.24, 2.45) is 5.73 Å². The number of aromatic nitrogens is 1. The van der Waals surface area contributed by atoms with Gasteiger partial charge in [0.1, 0.15) is 5.75 Å². The molecule has 0 amide bonds. The highest BCUT2D eigenvalue weighted by molar-refractivity contribution is 5.62. The van der Waals surface area contributed by atoms with Crippen molar-refractivity contribution in [1.29, 1.82) is 0 Å². The zero-order valence-electron chi connectivity index (χ0n) is 11.9. The van der Waals surface area contributed by atoms with Crippen molar-refractivity contribution in [2.75, 3.05) is 7.11 Å². The van der Waals surface area contributed by atoms with Crippen molar-refractivity contribution in [3.63, 3.8) is 0 Å². The number of nitrogens with two attached hydrogens (primary N) is 1. The van der Waals surface area contributed by atoms with Gasteiger partial charge in [0, 0.05) is 17.3 Å². The lowest BCUT2D eigenvalue weighted by Crippen LogP contribution is -2.08. The number of ether oxygens (including phenoxy) is 1. The third kappa shape index (κ3) is 2.76. The van der Waals surface area contributed by atoms with E-state index in [0.717, 1.165) is 33.8 Å². The molecule has 1 atom stereocenters. The van der Waals surface area contributed by atoms with Crippen LogP contribution in [0.3, 0.4) is 0 Å². The molecular weight excluding hydrogens is 236 g/mol. The van der Waals surface area contributed by atoms with Crippen molar-refractivity contribution in [1.82, 2.24) is 4.98 Å². The van der Waals surface area contributed by atoms with Crippen LogP contribution >= 0.6 is 0 Å². The second kappa shape index (κ2) is 5.41. The summed E-state index contributed by atoms with van der Waals surface area (Å²) in [6.07, 6.45) is 0. The molecule has 0 radical (unpaired) electrons. The van der Waals surface area contributed by atoms with Gasteiger partial charge in [-0.05, 0) is 56.2 Å². The number of hydrogen-bond acceptors (Lipinski definition) is 3. The molecule has 2 aromatic rings. The second-order valence-electron chi connectivity index (χ2n) is 4.84. The Hall–Kier alpha value is -1.87. The number of nitrogens with zero attached hydrogens (tertiary/aromatic N) is 1. The minimum absolute atomic E-state index is 0.0131. The molecule has 3 nitrogen and oxygen atoms in total. The summed E-state index contributed by atoms with van der Waals surface area (Å²) in [5.74, 6) is 0.896. The lowest BCUT2D eigenvalue weighted by Gasteiger charge is -2.12. The first kappa shape index (κ1) is 13.6. The minimum Gasteiger partial charge on any atom is -0.496 e. The third-order valence-corrected chi connectivity index (χ3v) is 3.31. The Morgan fingerprint density at radius 1 is 1.16 bits per heavy atom. The Morgan fingerprint density at radius 3 is 2.42 bits per heavy atom. The Bertz CT molecular complexity index is 591. The summed E-state index contributed by atoms with van der Waals surface area (Å²) < 4.78 is 5.27. The van der Waals surface area contributed by atoms with E-state index in [9.17, 15) is 0 Å². The maximum absolute atomic E-state index is 5.91. The summed E-state index contributed by atoms with van der Waals surface area (Å²) in [5, 5.41) is 0. The van der Waals surface area contributed by atoms with Gasteiger partial charge in [0.15, 0.2) is 0 Å². The molecule has 1 aromatic heterocycles. The Balaban J connectivity index is 2.42. The van der Waals surface area contributed by atoms with E-state index < -0.39 is 0 Å². The van der Waals surface area contributed by atoms with Crippen molar-refractivity contribution in [2.45, 2.75) is 26.8 Å². The molecule has 1 aromatic carbocycles. The topological polar surface area (TPSA) is 48.1 Å². The van der Waals surface area contributed by atoms with Gasteiger partial charge in [0.2, 0.25) is 0 Å². The molecule has 0 aliphatic carbocycles. The maximum Gasteiger partial charge on any atom is 0.121 e. The average molecular weight is 256 g/mol. The first-order chi connectivity index (χ1) is 9.02. The number of rotatable bonds is 3. The van der Waals surface area contributed by atoms with Gasteiger partial charge in [-0.15, -0.1) is 0 Å². The first-order valence-corrected chi connectivity index (χ1v) is 6.41. The van der Waals surface area contributed by atoms with E-state index in [1.54, 1.807) is 7.11 Å². The van der Waals surface area contributed by atoms with E-state index in [-0.39, 0.29) is 6.04 Å². The summed E-state index contributed by atoms with van der Waals surface area (Å²) >= 11 is 0. The number of aryl methyl sites for hydroxylation is 2. The molecule has 2 rings (SSSR count). The maximum atomic E-state index is 5.91. The molecule has 0 bridgehead atoms. The van der Waals surface area contributed by atoms with E-state index in [1.165, 1.54) is 0 Å². The number of methoxy groups -OCH3 is 1. The molecule has 100 valence electrons. The summed E-state index contributed by atoms with van der Waals surface area (Å²) in [6, 6.07) is 10.2. The summed E-state index contributed by atoms with van der Waals surface area (Å²) in [5.41, 5.74) is 11.2. The highest BCUT2D eigenvalue weighted by Crippen LogP contribution is 2.26. The quantitative estimate of drug-likeness (QED) is 0.915. The van der Waals surface area contributed by atoms with Crippen LogP contribution in [0, 0.1) is 13.8 Å². The summed E-state index contributed by atoms with van der Waals surface area (Å²) in [4.78, 5) is 4.64. The lowest BCUT2D eigenvalue weighted by molar-refractivity contribution is 0.412. The summed E-state index contributed by atoms with van der Waals surface area (Å²) in [6.45, 7) is 6.01. The number of hydrogen-bond donors (Lipinski definition) is 1. The van der Waals surface area contributed by atoms with Gasteiger partial charge >= 0.3 is 0 Å². The van der Waals surface area contributed by atoms with E-state index in [0.29, 0.717) is 0 Å². The fourth-order valence-corrected chi connectivity index (χ4v) is 2.25. The van der Waals surface area contributed by atoms with Crippen LogP contribution in [0.1, 0.15) is 29.8 Å². The van der Waals surface area contributed by atoms with E-state index in [2.05, 4.69) is 17.1 Å². The molecule has 0 spiro atoms. The summed E-state index contributed by atoms with van der Waals surface area (Å²) in [7, 11) is 1.68. The van der Waals surface area contributed by atoms with Gasteiger partial charge in [-0.2, -0.15) is 0 Å². The van der Waals surface area contributed by atoms with Gasteiger partial charge in [-0.25, -0.2) is 0 Å². The highest BCUT2D eigenvalue weighted by atomic mass is 16.5. The molecule has 0 saturated heterocycles.